The summed E-state index contributed by atoms with van der Waals surface area (Å²) in [4.78, 5) is 43.9. The number of fused-ring (bicyclic) bond motifs is 1. The maximum Gasteiger partial charge on any atom is 0.328 e. The number of amides is 1. The molecule has 0 radical (unpaired) electrons. The third-order valence-corrected chi connectivity index (χ3v) is 5.73. The van der Waals surface area contributed by atoms with Crippen molar-refractivity contribution < 1.29 is 14.3 Å². The number of aromatic nitrogens is 4. The number of hydrogen-bond donors (Lipinski definition) is 2. The van der Waals surface area contributed by atoms with E-state index < -0.39 is 29.2 Å². The number of halogens is 1. The van der Waals surface area contributed by atoms with Gasteiger partial charge in [-0.3, -0.25) is 19.1 Å². The lowest BCUT2D eigenvalue weighted by Crippen LogP contribution is -2.37. The lowest BCUT2D eigenvalue weighted by atomic mass is 10.2. The van der Waals surface area contributed by atoms with Crippen LogP contribution in [0.4, 0.5) is 4.39 Å². The molecular weight excluding hydrogens is 405 g/mol. The summed E-state index contributed by atoms with van der Waals surface area (Å²) < 4.78 is 16.7. The maximum absolute atomic E-state index is 13.6. The van der Waals surface area contributed by atoms with Crippen LogP contribution in [0.5, 0.6) is 0 Å². The quantitative estimate of drug-likeness (QED) is 0.602. The number of nitrogens with one attached hydrogen (secondary N) is 1. The van der Waals surface area contributed by atoms with Gasteiger partial charge in [0.15, 0.2) is 0 Å². The minimum Gasteiger partial charge on any atom is -0.389 e. The highest BCUT2D eigenvalue weighted by Crippen LogP contribution is 2.22. The predicted molar refractivity (Wildman–Crippen MR) is 111 cm³/mol. The van der Waals surface area contributed by atoms with Crippen molar-refractivity contribution in [2.45, 2.75) is 44.9 Å². The average molecular weight is 429 g/mol. The van der Waals surface area contributed by atoms with Gasteiger partial charge in [0.25, 0.3) is 5.56 Å². The molecule has 0 aliphatic carbocycles. The van der Waals surface area contributed by atoms with E-state index in [9.17, 15) is 23.9 Å². The second-order valence-corrected chi connectivity index (χ2v) is 7.69. The number of aliphatic hydroxyl groups excluding tert-OH is 1. The monoisotopic (exact) mass is 429 g/mol. The number of carbonyl (C=O) groups excluding carboxylic acids is 1. The fourth-order valence-electron chi connectivity index (χ4n) is 4.18. The Labute approximate surface area is 176 Å². The van der Waals surface area contributed by atoms with Gasteiger partial charge >= 0.3 is 5.69 Å². The molecule has 0 saturated carbocycles. The maximum atomic E-state index is 13.6. The number of H-pyrrole nitrogens is 1. The average Bonchev–Trinajstić information content (AvgIpc) is 3.30. The smallest absolute Gasteiger partial charge is 0.328 e. The van der Waals surface area contributed by atoms with Crippen LogP contribution < -0.4 is 11.2 Å². The van der Waals surface area contributed by atoms with Gasteiger partial charge in [-0.05, 0) is 25.5 Å². The highest BCUT2D eigenvalue weighted by molar-refractivity contribution is 5.77. The summed E-state index contributed by atoms with van der Waals surface area (Å²) in [5, 5.41) is 10.3. The van der Waals surface area contributed by atoms with Crippen LogP contribution in [-0.2, 0) is 17.8 Å². The van der Waals surface area contributed by atoms with E-state index in [1.807, 2.05) is 29.2 Å². The first-order valence-corrected chi connectivity index (χ1v) is 10.3. The van der Waals surface area contributed by atoms with E-state index in [1.54, 1.807) is 0 Å². The Morgan fingerprint density at radius 1 is 1.29 bits per heavy atom. The van der Waals surface area contributed by atoms with Crippen molar-refractivity contribution in [1.82, 2.24) is 24.0 Å². The van der Waals surface area contributed by atoms with Crippen molar-refractivity contribution in [1.29, 1.82) is 0 Å². The van der Waals surface area contributed by atoms with Gasteiger partial charge in [0.1, 0.15) is 5.82 Å². The molecule has 3 aromatic rings. The Balaban J connectivity index is 1.40. The fourth-order valence-corrected chi connectivity index (χ4v) is 4.18. The molecule has 4 rings (SSSR count). The van der Waals surface area contributed by atoms with Crippen LogP contribution in [0, 0.1) is 5.82 Å². The molecule has 9 nitrogen and oxygen atoms in total. The van der Waals surface area contributed by atoms with Crippen LogP contribution in [0.25, 0.3) is 11.0 Å². The van der Waals surface area contributed by atoms with Crippen molar-refractivity contribution >= 4 is 16.9 Å². The molecule has 0 spiro atoms. The van der Waals surface area contributed by atoms with Crippen LogP contribution in [0.3, 0.4) is 0 Å². The van der Waals surface area contributed by atoms with Gasteiger partial charge in [-0.2, -0.15) is 4.39 Å². The van der Waals surface area contributed by atoms with Crippen LogP contribution in [-0.4, -0.2) is 54.2 Å². The number of aromatic amines is 1. The number of para-hydroxylation sites is 2. The zero-order valence-corrected chi connectivity index (χ0v) is 17.1. The summed E-state index contributed by atoms with van der Waals surface area (Å²) in [6.07, 6.45) is 1.24. The number of imidazole rings is 1. The van der Waals surface area contributed by atoms with E-state index in [2.05, 4.69) is 16.5 Å². The van der Waals surface area contributed by atoms with Gasteiger partial charge in [-0.1, -0.05) is 12.1 Å². The summed E-state index contributed by atoms with van der Waals surface area (Å²) in [5.41, 5.74) is 0.0631. The minimum absolute atomic E-state index is 0.0458. The van der Waals surface area contributed by atoms with Crippen molar-refractivity contribution in [3.8, 4) is 0 Å². The molecule has 2 aromatic heterocycles. The molecule has 1 aliphatic heterocycles. The topological polar surface area (TPSA) is 113 Å². The zero-order chi connectivity index (χ0) is 22.1. The Bertz CT molecular complexity index is 1230. The summed E-state index contributed by atoms with van der Waals surface area (Å²) in [5.74, 6) is -0.347. The van der Waals surface area contributed by atoms with Gasteiger partial charge in [-0.15, -0.1) is 0 Å². The number of carbonyl (C=O) groups is 1. The standard InChI is InChI=1S/C21H24FN5O4/c1-2-26-15-7-4-3-6-14(15)23-18(26)8-5-9-19(29)25-11-16(17(28)12-25)27-10-13(22)20(30)24-21(27)31/h3-4,6-7,10,16-17,28H,2,5,8-9,11-12H2,1H3,(H,24,30,31)/t16-,17-/m1/s1. The molecule has 3 heterocycles. The van der Waals surface area contributed by atoms with Gasteiger partial charge in [-0.25, -0.2) is 9.78 Å². The van der Waals surface area contributed by atoms with E-state index >= 15 is 0 Å². The molecule has 31 heavy (non-hydrogen) atoms. The van der Waals surface area contributed by atoms with E-state index in [0.717, 1.165) is 34.2 Å². The number of aryl methyl sites for hydroxylation is 2. The van der Waals surface area contributed by atoms with Crippen molar-refractivity contribution in [2.75, 3.05) is 13.1 Å². The number of aliphatic hydroxyl groups is 1. The van der Waals surface area contributed by atoms with E-state index in [4.69, 9.17) is 0 Å². The molecule has 1 fully saturated rings. The molecule has 2 atom stereocenters. The summed E-state index contributed by atoms with van der Waals surface area (Å²) >= 11 is 0. The van der Waals surface area contributed by atoms with Gasteiger partial charge < -0.3 is 14.6 Å². The second-order valence-electron chi connectivity index (χ2n) is 7.69. The lowest BCUT2D eigenvalue weighted by Gasteiger charge is -2.17. The van der Waals surface area contributed by atoms with Gasteiger partial charge in [0.2, 0.25) is 11.7 Å². The third kappa shape index (κ3) is 4.02. The van der Waals surface area contributed by atoms with Crippen LogP contribution in [0.1, 0.15) is 31.6 Å². The Morgan fingerprint density at radius 3 is 2.84 bits per heavy atom. The van der Waals surface area contributed by atoms with Gasteiger partial charge in [0, 0.05) is 32.5 Å². The summed E-state index contributed by atoms with van der Waals surface area (Å²) in [7, 11) is 0. The third-order valence-electron chi connectivity index (χ3n) is 5.73. The van der Waals surface area contributed by atoms with Crippen molar-refractivity contribution in [3.05, 3.63) is 62.9 Å². The van der Waals surface area contributed by atoms with Crippen LogP contribution in [0.15, 0.2) is 40.1 Å². The lowest BCUT2D eigenvalue weighted by molar-refractivity contribution is -0.130. The Morgan fingerprint density at radius 2 is 2.06 bits per heavy atom. The number of β-amino-alcohol motifs (C(OH)–C–C–N with tert-alkyl or cyclic N) is 1. The molecule has 2 N–H and O–H groups in total. The molecular formula is C21H24FN5O4. The van der Waals surface area contributed by atoms with Crippen molar-refractivity contribution in [2.24, 2.45) is 0 Å². The highest BCUT2D eigenvalue weighted by atomic mass is 19.1. The summed E-state index contributed by atoms with van der Waals surface area (Å²) in [6.45, 7) is 2.95. The number of rotatable bonds is 6. The number of nitrogens with zero attached hydrogens (tertiary/aromatic N) is 4. The normalized spacial score (nSPS) is 18.7. The molecule has 0 unspecified atom stereocenters. The summed E-state index contributed by atoms with van der Waals surface area (Å²) in [6, 6.07) is 7.08. The second kappa shape index (κ2) is 8.46. The number of hydrogen-bond acceptors (Lipinski definition) is 5. The molecule has 10 heteroatoms. The van der Waals surface area contributed by atoms with Crippen LogP contribution in [0.2, 0.25) is 0 Å². The number of likely N-dealkylation sites (tertiary alicyclic amines) is 1. The largest absolute Gasteiger partial charge is 0.389 e. The minimum atomic E-state index is -1.12. The first-order valence-electron chi connectivity index (χ1n) is 10.3. The zero-order valence-electron chi connectivity index (χ0n) is 17.1. The molecule has 1 aliphatic rings. The number of benzene rings is 1. The molecule has 1 aromatic carbocycles. The van der Waals surface area contributed by atoms with Gasteiger partial charge in [0.05, 0.1) is 29.4 Å². The molecule has 1 amide bonds. The van der Waals surface area contributed by atoms with E-state index in [0.29, 0.717) is 12.8 Å². The Kier molecular flexibility index (Phi) is 5.73. The first-order chi connectivity index (χ1) is 14.9. The SMILES string of the molecule is CCn1c(CCCC(=O)N2C[C@@H](O)[C@H](n3cc(F)c(=O)[nH]c3=O)C2)nc2ccccc21. The Hall–Kier alpha value is -3.27. The van der Waals surface area contributed by atoms with Crippen LogP contribution >= 0.6 is 0 Å². The molecule has 164 valence electrons. The first kappa shape index (κ1) is 21.0. The fraction of sp³-hybridized carbons (Fsp3) is 0.429. The molecule has 1 saturated heterocycles. The molecule has 0 bridgehead atoms. The predicted octanol–water partition coefficient (Wildman–Crippen LogP) is 0.812. The van der Waals surface area contributed by atoms with Crippen molar-refractivity contribution in [3.63, 3.8) is 0 Å². The highest BCUT2D eigenvalue weighted by Gasteiger charge is 2.35. The van der Waals surface area contributed by atoms with E-state index in [1.165, 1.54) is 4.90 Å². The van der Waals surface area contributed by atoms with E-state index in [-0.39, 0.29) is 25.4 Å².